The van der Waals surface area contributed by atoms with Gasteiger partial charge in [0, 0.05) is 13.0 Å². The molecule has 136 valence electrons. The summed E-state index contributed by atoms with van der Waals surface area (Å²) in [5, 5.41) is 0.881. The number of ether oxygens (including phenoxy) is 1. The molecule has 0 aliphatic carbocycles. The summed E-state index contributed by atoms with van der Waals surface area (Å²) < 4.78 is 33.2. The van der Waals surface area contributed by atoms with Gasteiger partial charge < -0.3 is 4.74 Å². The first-order valence-corrected chi connectivity index (χ1v) is 10.4. The van der Waals surface area contributed by atoms with Crippen LogP contribution in [0.3, 0.4) is 0 Å². The molecule has 6 nitrogen and oxygen atoms in total. The van der Waals surface area contributed by atoms with Crippen molar-refractivity contribution in [3.05, 3.63) is 59.1 Å². The molecule has 0 fully saturated rings. The highest BCUT2D eigenvalue weighted by molar-refractivity contribution is 7.89. The molecule has 0 unspecified atom stereocenters. The lowest BCUT2D eigenvalue weighted by Crippen LogP contribution is -2.26. The SMILES string of the molecule is CCOC(=O)c1ccc(S(=O)(=O)NCCc2nc3ccccc3s2)cc1. The molecule has 8 heteroatoms. The molecular formula is C18H18N2O4S2. The van der Waals surface area contributed by atoms with Crippen molar-refractivity contribution >= 4 is 37.5 Å². The fourth-order valence-corrected chi connectivity index (χ4v) is 4.39. The summed E-state index contributed by atoms with van der Waals surface area (Å²) in [5.41, 5.74) is 1.24. The summed E-state index contributed by atoms with van der Waals surface area (Å²) >= 11 is 1.56. The van der Waals surface area contributed by atoms with E-state index in [0.29, 0.717) is 12.0 Å². The van der Waals surface area contributed by atoms with E-state index in [4.69, 9.17) is 4.74 Å². The Bertz CT molecular complexity index is 978. The summed E-state index contributed by atoms with van der Waals surface area (Å²) in [7, 11) is -3.64. The predicted octanol–water partition coefficient (Wildman–Crippen LogP) is 2.99. The van der Waals surface area contributed by atoms with Crippen LogP contribution in [-0.2, 0) is 21.2 Å². The highest BCUT2D eigenvalue weighted by Gasteiger charge is 2.15. The van der Waals surface area contributed by atoms with Gasteiger partial charge in [0.05, 0.1) is 32.3 Å². The lowest BCUT2D eigenvalue weighted by molar-refractivity contribution is 0.0526. The maximum absolute atomic E-state index is 12.4. The van der Waals surface area contributed by atoms with E-state index >= 15 is 0 Å². The van der Waals surface area contributed by atoms with E-state index in [-0.39, 0.29) is 18.0 Å². The first-order chi connectivity index (χ1) is 12.5. The van der Waals surface area contributed by atoms with Gasteiger partial charge in [-0.2, -0.15) is 0 Å². The van der Waals surface area contributed by atoms with Gasteiger partial charge in [0.25, 0.3) is 0 Å². The topological polar surface area (TPSA) is 85.4 Å². The normalized spacial score (nSPS) is 11.6. The second kappa shape index (κ2) is 7.94. The molecule has 0 saturated carbocycles. The second-order valence-electron chi connectivity index (χ2n) is 5.47. The number of carbonyl (C=O) groups is 1. The number of nitrogens with zero attached hydrogens (tertiary/aromatic N) is 1. The van der Waals surface area contributed by atoms with E-state index in [1.165, 1.54) is 24.3 Å². The van der Waals surface area contributed by atoms with Crippen molar-refractivity contribution in [2.24, 2.45) is 0 Å². The van der Waals surface area contributed by atoms with Gasteiger partial charge in [-0.1, -0.05) is 12.1 Å². The molecule has 1 aromatic heterocycles. The number of hydrogen-bond donors (Lipinski definition) is 1. The number of sulfonamides is 1. The third-order valence-electron chi connectivity index (χ3n) is 3.64. The number of esters is 1. The zero-order valence-corrected chi connectivity index (χ0v) is 15.8. The highest BCUT2D eigenvalue weighted by atomic mass is 32.2. The first kappa shape index (κ1) is 18.5. The van der Waals surface area contributed by atoms with E-state index in [0.717, 1.165) is 15.2 Å². The van der Waals surface area contributed by atoms with Gasteiger partial charge >= 0.3 is 5.97 Å². The molecule has 0 spiro atoms. The Labute approximate surface area is 155 Å². The number of para-hydroxylation sites is 1. The number of aromatic nitrogens is 1. The van der Waals surface area contributed by atoms with E-state index in [9.17, 15) is 13.2 Å². The molecule has 0 atom stereocenters. The zero-order chi connectivity index (χ0) is 18.6. The molecule has 0 saturated heterocycles. The fourth-order valence-electron chi connectivity index (χ4n) is 2.39. The van der Waals surface area contributed by atoms with Crippen molar-refractivity contribution in [1.29, 1.82) is 0 Å². The van der Waals surface area contributed by atoms with Crippen LogP contribution in [0.2, 0.25) is 0 Å². The summed E-state index contributed by atoms with van der Waals surface area (Å²) in [5.74, 6) is -0.472. The van der Waals surface area contributed by atoms with Crippen LogP contribution < -0.4 is 4.72 Å². The molecule has 3 rings (SSSR count). The van der Waals surface area contributed by atoms with Crippen LogP contribution in [0.4, 0.5) is 0 Å². The molecule has 0 aliphatic rings. The number of thiazole rings is 1. The van der Waals surface area contributed by atoms with Crippen LogP contribution in [0.25, 0.3) is 10.2 Å². The minimum atomic E-state index is -3.64. The number of benzene rings is 2. The van der Waals surface area contributed by atoms with Crippen LogP contribution in [-0.4, -0.2) is 32.5 Å². The van der Waals surface area contributed by atoms with Gasteiger partial charge in [0.2, 0.25) is 10.0 Å². The van der Waals surface area contributed by atoms with Crippen molar-refractivity contribution in [3.63, 3.8) is 0 Å². The Kier molecular flexibility index (Phi) is 5.65. The van der Waals surface area contributed by atoms with Crippen molar-refractivity contribution in [3.8, 4) is 0 Å². The monoisotopic (exact) mass is 390 g/mol. The zero-order valence-electron chi connectivity index (χ0n) is 14.1. The third-order valence-corrected chi connectivity index (χ3v) is 6.22. The van der Waals surface area contributed by atoms with Gasteiger partial charge in [0.1, 0.15) is 0 Å². The lowest BCUT2D eigenvalue weighted by Gasteiger charge is -2.07. The molecule has 3 aromatic rings. The van der Waals surface area contributed by atoms with Crippen molar-refractivity contribution in [2.75, 3.05) is 13.2 Å². The van der Waals surface area contributed by atoms with Crippen LogP contribution in [0.5, 0.6) is 0 Å². The molecular weight excluding hydrogens is 372 g/mol. The predicted molar refractivity (Wildman–Crippen MR) is 101 cm³/mol. The number of fused-ring (bicyclic) bond motifs is 1. The van der Waals surface area contributed by atoms with Crippen LogP contribution >= 0.6 is 11.3 Å². The van der Waals surface area contributed by atoms with Crippen LogP contribution in [0.15, 0.2) is 53.4 Å². The number of hydrogen-bond acceptors (Lipinski definition) is 6. The van der Waals surface area contributed by atoms with Crippen molar-refractivity contribution in [2.45, 2.75) is 18.2 Å². The van der Waals surface area contributed by atoms with Gasteiger partial charge in [-0.15, -0.1) is 11.3 Å². The summed E-state index contributed by atoms with van der Waals surface area (Å²) in [6.45, 7) is 2.24. The lowest BCUT2D eigenvalue weighted by atomic mass is 10.2. The molecule has 0 radical (unpaired) electrons. The Morgan fingerprint density at radius 2 is 1.88 bits per heavy atom. The minimum absolute atomic E-state index is 0.106. The number of carbonyl (C=O) groups excluding carboxylic acids is 1. The van der Waals surface area contributed by atoms with Crippen LogP contribution in [0.1, 0.15) is 22.3 Å². The smallest absolute Gasteiger partial charge is 0.338 e. The fraction of sp³-hybridized carbons (Fsp3) is 0.222. The second-order valence-corrected chi connectivity index (χ2v) is 8.35. The highest BCUT2D eigenvalue weighted by Crippen LogP contribution is 2.21. The molecule has 1 N–H and O–H groups in total. The maximum atomic E-state index is 12.4. The standard InChI is InChI=1S/C18H18N2O4S2/c1-2-24-18(21)13-7-9-14(10-8-13)26(22,23)19-12-11-17-20-15-5-3-4-6-16(15)25-17/h3-10,19H,2,11-12H2,1H3. The minimum Gasteiger partial charge on any atom is -0.462 e. The molecule has 2 aromatic carbocycles. The quantitative estimate of drug-likeness (QED) is 0.627. The van der Waals surface area contributed by atoms with Gasteiger partial charge in [-0.3, -0.25) is 0 Å². The number of rotatable bonds is 7. The van der Waals surface area contributed by atoms with E-state index in [1.54, 1.807) is 18.3 Å². The maximum Gasteiger partial charge on any atom is 0.338 e. The van der Waals surface area contributed by atoms with E-state index in [1.807, 2.05) is 24.3 Å². The van der Waals surface area contributed by atoms with Crippen molar-refractivity contribution in [1.82, 2.24) is 9.71 Å². The van der Waals surface area contributed by atoms with E-state index in [2.05, 4.69) is 9.71 Å². The molecule has 1 heterocycles. The average molecular weight is 390 g/mol. The van der Waals surface area contributed by atoms with Gasteiger partial charge in [-0.05, 0) is 43.3 Å². The summed E-state index contributed by atoms with van der Waals surface area (Å²) in [6, 6.07) is 13.5. The average Bonchev–Trinajstić information content (AvgIpc) is 3.04. The molecule has 0 bridgehead atoms. The number of nitrogens with one attached hydrogen (secondary N) is 1. The molecule has 0 amide bonds. The summed E-state index contributed by atoms with van der Waals surface area (Å²) in [6.07, 6.45) is 0.513. The Morgan fingerprint density at radius 1 is 1.15 bits per heavy atom. The Morgan fingerprint density at radius 3 is 2.58 bits per heavy atom. The molecule has 26 heavy (non-hydrogen) atoms. The van der Waals surface area contributed by atoms with Gasteiger partial charge in [-0.25, -0.2) is 22.9 Å². The largest absolute Gasteiger partial charge is 0.462 e. The van der Waals surface area contributed by atoms with Crippen molar-refractivity contribution < 1.29 is 17.9 Å². The first-order valence-electron chi connectivity index (χ1n) is 8.11. The Hall–Kier alpha value is -2.29. The Balaban J connectivity index is 1.62. The molecule has 0 aliphatic heterocycles. The van der Waals surface area contributed by atoms with Gasteiger partial charge in [0.15, 0.2) is 0 Å². The van der Waals surface area contributed by atoms with Crippen LogP contribution in [0, 0.1) is 0 Å². The van der Waals surface area contributed by atoms with E-state index < -0.39 is 16.0 Å². The summed E-state index contributed by atoms with van der Waals surface area (Å²) in [4.78, 5) is 16.2. The third kappa shape index (κ3) is 4.27.